The molecule has 2 aromatic rings. The molecule has 0 bridgehead atoms. The Morgan fingerprint density at radius 3 is 2.29 bits per heavy atom. The molecule has 6 nitrogen and oxygen atoms in total. The number of benzene rings is 2. The summed E-state index contributed by atoms with van der Waals surface area (Å²) in [5.41, 5.74) is 0.956. The van der Waals surface area contributed by atoms with Gasteiger partial charge in [0.05, 0.1) is 18.2 Å². The summed E-state index contributed by atoms with van der Waals surface area (Å²) in [5.74, 6) is -1.69. The average Bonchev–Trinajstić information content (AvgIpc) is 2.50. The van der Waals surface area contributed by atoms with Crippen LogP contribution < -0.4 is 9.47 Å². The van der Waals surface area contributed by atoms with Crippen molar-refractivity contribution < 1.29 is 29.0 Å². The van der Waals surface area contributed by atoms with E-state index in [4.69, 9.17) is 9.47 Å². The Kier molecular flexibility index (Phi) is 3.60. The molecule has 0 fully saturated rings. The zero-order valence-corrected chi connectivity index (χ0v) is 13.3. The lowest BCUT2D eigenvalue weighted by Crippen LogP contribution is -2.22. The van der Waals surface area contributed by atoms with Crippen molar-refractivity contribution in [3.8, 4) is 17.2 Å². The Bertz CT molecular complexity index is 910. The first-order valence-electron chi connectivity index (χ1n) is 7.17. The smallest absolute Gasteiger partial charge is 0.308 e. The first-order chi connectivity index (χ1) is 11.3. The first-order valence-corrected chi connectivity index (χ1v) is 7.17. The number of rotatable bonds is 2. The van der Waals surface area contributed by atoms with Gasteiger partial charge in [-0.05, 0) is 30.7 Å². The number of carbonyl (C=O) groups is 3. The van der Waals surface area contributed by atoms with Crippen molar-refractivity contribution in [1.29, 1.82) is 0 Å². The molecule has 0 amide bonds. The summed E-state index contributed by atoms with van der Waals surface area (Å²) in [4.78, 5) is 36.7. The monoisotopic (exact) mass is 326 g/mol. The number of hydrogen-bond donors (Lipinski definition) is 1. The van der Waals surface area contributed by atoms with Gasteiger partial charge in [0.25, 0.3) is 0 Å². The number of aromatic hydroxyl groups is 1. The highest BCUT2D eigenvalue weighted by molar-refractivity contribution is 6.30. The maximum atomic E-state index is 12.8. The standard InChI is InChI=1S/C18H14O6/c1-8-4-11-16(14(5-8)23-3)18(22)15-12(17(11)21)6-10(7-13(15)20)24-9(2)19/h4-7,20H,1-3H3. The van der Waals surface area contributed by atoms with Gasteiger partial charge in [-0.1, -0.05) is 0 Å². The number of methoxy groups -OCH3 is 1. The van der Waals surface area contributed by atoms with Crippen LogP contribution in [0.5, 0.6) is 17.2 Å². The van der Waals surface area contributed by atoms with E-state index in [1.54, 1.807) is 19.1 Å². The van der Waals surface area contributed by atoms with Gasteiger partial charge in [0.15, 0.2) is 5.78 Å². The molecule has 0 heterocycles. The topological polar surface area (TPSA) is 89.9 Å². The third kappa shape index (κ3) is 2.32. The summed E-state index contributed by atoms with van der Waals surface area (Å²) in [6.45, 7) is 2.98. The van der Waals surface area contributed by atoms with Crippen LogP contribution in [0, 0.1) is 6.92 Å². The Labute approximate surface area is 137 Å². The van der Waals surface area contributed by atoms with Crippen LogP contribution in [0.3, 0.4) is 0 Å². The maximum Gasteiger partial charge on any atom is 0.308 e. The van der Waals surface area contributed by atoms with E-state index >= 15 is 0 Å². The minimum absolute atomic E-state index is 0.00275. The van der Waals surface area contributed by atoms with E-state index in [1.165, 1.54) is 20.1 Å². The molecule has 6 heteroatoms. The van der Waals surface area contributed by atoms with Crippen molar-refractivity contribution in [2.75, 3.05) is 7.11 Å². The lowest BCUT2D eigenvalue weighted by atomic mass is 9.82. The zero-order valence-electron chi connectivity index (χ0n) is 13.3. The zero-order chi connectivity index (χ0) is 17.6. The number of esters is 1. The number of aryl methyl sites for hydroxylation is 1. The number of phenols is 1. The molecular weight excluding hydrogens is 312 g/mol. The summed E-state index contributed by atoms with van der Waals surface area (Å²) in [6, 6.07) is 5.67. The van der Waals surface area contributed by atoms with Crippen molar-refractivity contribution in [3.05, 3.63) is 52.1 Å². The maximum absolute atomic E-state index is 12.8. The SMILES string of the molecule is COc1cc(C)cc2c1C(=O)c1c(O)cc(OC(C)=O)cc1C2=O. The first kappa shape index (κ1) is 15.7. The molecule has 0 saturated heterocycles. The summed E-state index contributed by atoms with van der Waals surface area (Å²) < 4.78 is 10.1. The number of carbonyl (C=O) groups excluding carboxylic acids is 3. The third-order valence-electron chi connectivity index (χ3n) is 3.76. The summed E-state index contributed by atoms with van der Waals surface area (Å²) in [7, 11) is 1.41. The Morgan fingerprint density at radius 2 is 1.67 bits per heavy atom. The van der Waals surface area contributed by atoms with E-state index in [-0.39, 0.29) is 33.8 Å². The minimum atomic E-state index is -0.596. The Hall–Kier alpha value is -3.15. The molecule has 1 aliphatic carbocycles. The van der Waals surface area contributed by atoms with Gasteiger partial charge < -0.3 is 14.6 Å². The molecule has 0 atom stereocenters. The molecule has 0 aromatic heterocycles. The molecule has 0 unspecified atom stereocenters. The Morgan fingerprint density at radius 1 is 1.00 bits per heavy atom. The van der Waals surface area contributed by atoms with Crippen molar-refractivity contribution >= 4 is 17.5 Å². The summed E-state index contributed by atoms with van der Waals surface area (Å²) in [6.07, 6.45) is 0. The van der Waals surface area contributed by atoms with Crippen molar-refractivity contribution in [1.82, 2.24) is 0 Å². The number of ketones is 2. The van der Waals surface area contributed by atoms with Crippen molar-refractivity contribution in [2.24, 2.45) is 0 Å². The highest BCUT2D eigenvalue weighted by Crippen LogP contribution is 2.39. The molecule has 1 N–H and O–H groups in total. The Balaban J connectivity index is 2.27. The molecular formula is C18H14O6. The van der Waals surface area contributed by atoms with Crippen LogP contribution in [-0.2, 0) is 4.79 Å². The molecule has 122 valence electrons. The second-order valence-corrected chi connectivity index (χ2v) is 5.51. The van der Waals surface area contributed by atoms with Crippen LogP contribution in [0.25, 0.3) is 0 Å². The van der Waals surface area contributed by atoms with E-state index in [0.717, 1.165) is 11.6 Å². The van der Waals surface area contributed by atoms with Gasteiger partial charge in [0.1, 0.15) is 17.2 Å². The van der Waals surface area contributed by atoms with E-state index in [0.29, 0.717) is 0 Å². The molecule has 3 rings (SSSR count). The lowest BCUT2D eigenvalue weighted by molar-refractivity contribution is -0.131. The quantitative estimate of drug-likeness (QED) is 0.574. The molecule has 0 aliphatic heterocycles. The van der Waals surface area contributed by atoms with Crippen LogP contribution >= 0.6 is 0 Å². The fourth-order valence-corrected chi connectivity index (χ4v) is 2.84. The molecule has 1 aliphatic rings. The van der Waals surface area contributed by atoms with E-state index in [1.807, 2.05) is 0 Å². The minimum Gasteiger partial charge on any atom is -0.507 e. The molecule has 2 aromatic carbocycles. The molecule has 0 saturated carbocycles. The highest BCUT2D eigenvalue weighted by atomic mass is 16.5. The summed E-state index contributed by atoms with van der Waals surface area (Å²) in [5, 5.41) is 10.2. The summed E-state index contributed by atoms with van der Waals surface area (Å²) >= 11 is 0. The van der Waals surface area contributed by atoms with Crippen LogP contribution in [0.4, 0.5) is 0 Å². The predicted octanol–water partition coefficient (Wildman–Crippen LogP) is 2.41. The lowest BCUT2D eigenvalue weighted by Gasteiger charge is -2.21. The van der Waals surface area contributed by atoms with Crippen LogP contribution in [0.15, 0.2) is 24.3 Å². The van der Waals surface area contributed by atoms with Gasteiger partial charge in [0.2, 0.25) is 5.78 Å². The second kappa shape index (κ2) is 5.49. The average molecular weight is 326 g/mol. The normalized spacial score (nSPS) is 12.5. The molecule has 24 heavy (non-hydrogen) atoms. The van der Waals surface area contributed by atoms with E-state index in [2.05, 4.69) is 0 Å². The predicted molar refractivity (Wildman–Crippen MR) is 84.0 cm³/mol. The van der Waals surface area contributed by atoms with Crippen molar-refractivity contribution in [3.63, 3.8) is 0 Å². The molecule has 0 spiro atoms. The number of hydrogen-bond acceptors (Lipinski definition) is 6. The highest BCUT2D eigenvalue weighted by Gasteiger charge is 2.35. The van der Waals surface area contributed by atoms with Gasteiger partial charge in [0, 0.05) is 24.1 Å². The van der Waals surface area contributed by atoms with E-state index < -0.39 is 23.3 Å². The number of phenolic OH excluding ortho intramolecular Hbond substituents is 1. The van der Waals surface area contributed by atoms with Gasteiger partial charge in [-0.15, -0.1) is 0 Å². The van der Waals surface area contributed by atoms with Gasteiger partial charge in [-0.3, -0.25) is 14.4 Å². The van der Waals surface area contributed by atoms with E-state index in [9.17, 15) is 19.5 Å². The van der Waals surface area contributed by atoms with Gasteiger partial charge >= 0.3 is 5.97 Å². The van der Waals surface area contributed by atoms with Gasteiger partial charge in [-0.2, -0.15) is 0 Å². The molecule has 0 radical (unpaired) electrons. The van der Waals surface area contributed by atoms with Crippen LogP contribution in [-0.4, -0.2) is 29.8 Å². The number of fused-ring (bicyclic) bond motifs is 2. The largest absolute Gasteiger partial charge is 0.507 e. The van der Waals surface area contributed by atoms with Gasteiger partial charge in [-0.25, -0.2) is 0 Å². The van der Waals surface area contributed by atoms with Crippen LogP contribution in [0.1, 0.15) is 44.3 Å². The fourth-order valence-electron chi connectivity index (χ4n) is 2.84. The number of ether oxygens (including phenoxy) is 2. The third-order valence-corrected chi connectivity index (χ3v) is 3.76. The van der Waals surface area contributed by atoms with Crippen LogP contribution in [0.2, 0.25) is 0 Å². The second-order valence-electron chi connectivity index (χ2n) is 5.51. The van der Waals surface area contributed by atoms with Crippen molar-refractivity contribution in [2.45, 2.75) is 13.8 Å². The fraction of sp³-hybridized carbons (Fsp3) is 0.167.